The zero-order valence-electron chi connectivity index (χ0n) is 18.4. The molecule has 8 heteroatoms. The Kier molecular flexibility index (Phi) is 7.65. The number of benzene rings is 2. The summed E-state index contributed by atoms with van der Waals surface area (Å²) in [5.74, 6) is 0.462. The molecule has 0 spiro atoms. The molecule has 172 valence electrons. The van der Waals surface area contributed by atoms with Crippen molar-refractivity contribution in [3.63, 3.8) is 0 Å². The Hall–Kier alpha value is -2.87. The Morgan fingerprint density at radius 2 is 1.88 bits per heavy atom. The first-order valence-electron chi connectivity index (χ1n) is 10.8. The van der Waals surface area contributed by atoms with E-state index in [2.05, 4.69) is 10.2 Å². The molecule has 1 unspecified atom stereocenters. The minimum atomic E-state index is -0.483. The van der Waals surface area contributed by atoms with Crippen LogP contribution in [0.25, 0.3) is 0 Å². The van der Waals surface area contributed by atoms with Gasteiger partial charge in [0.05, 0.1) is 17.7 Å². The van der Waals surface area contributed by atoms with Crippen LogP contribution in [0.4, 0.5) is 5.69 Å². The lowest BCUT2D eigenvalue weighted by Gasteiger charge is -2.30. The smallest absolute Gasteiger partial charge is 0.254 e. The number of ether oxygens (including phenoxy) is 1. The zero-order chi connectivity index (χ0) is 23.2. The van der Waals surface area contributed by atoms with Gasteiger partial charge in [-0.15, -0.1) is 0 Å². The van der Waals surface area contributed by atoms with E-state index in [1.54, 1.807) is 25.3 Å². The molecule has 2 aromatic carbocycles. The van der Waals surface area contributed by atoms with Crippen LogP contribution in [-0.2, 0) is 4.79 Å². The van der Waals surface area contributed by atoms with E-state index in [0.29, 0.717) is 42.6 Å². The second-order valence-electron chi connectivity index (χ2n) is 7.85. The second-order valence-corrected chi connectivity index (χ2v) is 9.03. The van der Waals surface area contributed by atoms with Gasteiger partial charge in [-0.25, -0.2) is 0 Å². The van der Waals surface area contributed by atoms with Crippen molar-refractivity contribution in [2.45, 2.75) is 12.5 Å². The quantitative estimate of drug-likeness (QED) is 0.539. The van der Waals surface area contributed by atoms with Gasteiger partial charge in [-0.1, -0.05) is 41.9 Å². The number of hydrogen-bond donors (Lipinski definition) is 1. The third-order valence-electron chi connectivity index (χ3n) is 5.73. The SMILES string of the molecule is COc1ccc(NC(=O)C(c2ccccc2)N2CCCN(C(=O)c3ccsc3)CC2)cc1Cl. The molecule has 2 heterocycles. The van der Waals surface area contributed by atoms with E-state index >= 15 is 0 Å². The van der Waals surface area contributed by atoms with Crippen molar-refractivity contribution in [1.29, 1.82) is 0 Å². The van der Waals surface area contributed by atoms with Gasteiger partial charge in [0.15, 0.2) is 0 Å². The normalized spacial score (nSPS) is 15.5. The maximum atomic E-state index is 13.5. The molecule has 1 aromatic heterocycles. The molecular formula is C25H26ClN3O3S. The lowest BCUT2D eigenvalue weighted by Crippen LogP contribution is -2.40. The number of rotatable bonds is 6. The summed E-state index contributed by atoms with van der Waals surface area (Å²) in [6.07, 6.45) is 0.793. The summed E-state index contributed by atoms with van der Waals surface area (Å²) >= 11 is 7.76. The van der Waals surface area contributed by atoms with Crippen molar-refractivity contribution in [3.8, 4) is 5.75 Å². The van der Waals surface area contributed by atoms with Gasteiger partial charge >= 0.3 is 0 Å². The third-order valence-corrected chi connectivity index (χ3v) is 6.71. The van der Waals surface area contributed by atoms with Crippen molar-refractivity contribution in [1.82, 2.24) is 9.80 Å². The summed E-state index contributed by atoms with van der Waals surface area (Å²) in [5.41, 5.74) is 2.24. The van der Waals surface area contributed by atoms with E-state index in [1.807, 2.05) is 52.1 Å². The third kappa shape index (κ3) is 5.55. The molecule has 1 atom stereocenters. The Labute approximate surface area is 202 Å². The second kappa shape index (κ2) is 10.8. The highest BCUT2D eigenvalue weighted by atomic mass is 35.5. The minimum absolute atomic E-state index is 0.0479. The summed E-state index contributed by atoms with van der Waals surface area (Å²) in [6, 6.07) is 16.3. The molecule has 2 amide bonds. The van der Waals surface area contributed by atoms with Crippen molar-refractivity contribution in [3.05, 3.63) is 81.5 Å². The molecule has 0 radical (unpaired) electrons. The summed E-state index contributed by atoms with van der Waals surface area (Å²) in [4.78, 5) is 30.3. The summed E-state index contributed by atoms with van der Waals surface area (Å²) in [7, 11) is 1.55. The highest BCUT2D eigenvalue weighted by Crippen LogP contribution is 2.29. The molecule has 1 aliphatic heterocycles. The zero-order valence-corrected chi connectivity index (χ0v) is 19.9. The van der Waals surface area contributed by atoms with E-state index in [0.717, 1.165) is 17.5 Å². The number of carbonyl (C=O) groups excluding carboxylic acids is 2. The van der Waals surface area contributed by atoms with Gasteiger partial charge in [-0.05, 0) is 41.6 Å². The van der Waals surface area contributed by atoms with Crippen LogP contribution in [0.5, 0.6) is 5.75 Å². The first kappa shape index (κ1) is 23.3. The number of nitrogens with zero attached hydrogens (tertiary/aromatic N) is 2. The number of carbonyl (C=O) groups is 2. The van der Waals surface area contributed by atoms with Gasteiger partial charge in [0, 0.05) is 37.2 Å². The van der Waals surface area contributed by atoms with Crippen LogP contribution < -0.4 is 10.1 Å². The Morgan fingerprint density at radius 1 is 1.06 bits per heavy atom. The molecule has 1 N–H and O–H groups in total. The predicted octanol–water partition coefficient (Wildman–Crippen LogP) is 4.94. The van der Waals surface area contributed by atoms with Gasteiger partial charge in [0.25, 0.3) is 5.91 Å². The van der Waals surface area contributed by atoms with Crippen LogP contribution in [0, 0.1) is 0 Å². The summed E-state index contributed by atoms with van der Waals surface area (Å²) in [6.45, 7) is 2.55. The monoisotopic (exact) mass is 483 g/mol. The first-order chi connectivity index (χ1) is 16.1. The fraction of sp³-hybridized carbons (Fsp3) is 0.280. The minimum Gasteiger partial charge on any atom is -0.495 e. The van der Waals surface area contributed by atoms with Gasteiger partial charge in [0.1, 0.15) is 11.8 Å². The van der Waals surface area contributed by atoms with Crippen LogP contribution in [0.2, 0.25) is 5.02 Å². The molecule has 4 rings (SSSR count). The molecule has 0 bridgehead atoms. The number of halogens is 1. The van der Waals surface area contributed by atoms with Crippen molar-refractivity contribution in [2.75, 3.05) is 38.6 Å². The molecule has 1 saturated heterocycles. The van der Waals surface area contributed by atoms with Crippen LogP contribution in [-0.4, -0.2) is 54.9 Å². The number of thiophene rings is 1. The Balaban J connectivity index is 1.53. The van der Waals surface area contributed by atoms with Crippen molar-refractivity contribution in [2.24, 2.45) is 0 Å². The predicted molar refractivity (Wildman–Crippen MR) is 132 cm³/mol. The van der Waals surface area contributed by atoms with E-state index in [1.165, 1.54) is 11.3 Å². The fourth-order valence-corrected chi connectivity index (χ4v) is 4.97. The lowest BCUT2D eigenvalue weighted by atomic mass is 10.0. The summed E-state index contributed by atoms with van der Waals surface area (Å²) < 4.78 is 5.20. The van der Waals surface area contributed by atoms with Crippen LogP contribution >= 0.6 is 22.9 Å². The standard InChI is InChI=1S/C25H26ClN3O3S/c1-32-22-9-8-20(16-21(22)26)27-24(30)23(18-6-3-2-4-7-18)28-11-5-12-29(14-13-28)25(31)19-10-15-33-17-19/h2-4,6-10,15-17,23H,5,11-14H2,1H3,(H,27,30). The average molecular weight is 484 g/mol. The number of nitrogens with one attached hydrogen (secondary N) is 1. The first-order valence-corrected chi connectivity index (χ1v) is 12.1. The maximum absolute atomic E-state index is 13.5. The summed E-state index contributed by atoms with van der Waals surface area (Å²) in [5, 5.41) is 7.24. The average Bonchev–Trinajstić information content (AvgIpc) is 3.26. The molecular weight excluding hydrogens is 458 g/mol. The molecule has 0 aliphatic carbocycles. The molecule has 1 aliphatic rings. The number of anilines is 1. The van der Waals surface area contributed by atoms with Crippen LogP contribution in [0.3, 0.4) is 0 Å². The fourth-order valence-electron chi connectivity index (χ4n) is 4.09. The van der Waals surface area contributed by atoms with E-state index in [4.69, 9.17) is 16.3 Å². The van der Waals surface area contributed by atoms with Gasteiger partial charge in [-0.3, -0.25) is 14.5 Å². The molecule has 33 heavy (non-hydrogen) atoms. The molecule has 1 fully saturated rings. The van der Waals surface area contributed by atoms with Gasteiger partial charge < -0.3 is 15.0 Å². The molecule has 6 nitrogen and oxygen atoms in total. The van der Waals surface area contributed by atoms with Crippen LogP contribution in [0.1, 0.15) is 28.4 Å². The van der Waals surface area contributed by atoms with Gasteiger partial charge in [0.2, 0.25) is 5.91 Å². The number of amides is 2. The van der Waals surface area contributed by atoms with Crippen molar-refractivity contribution < 1.29 is 14.3 Å². The van der Waals surface area contributed by atoms with E-state index < -0.39 is 6.04 Å². The Morgan fingerprint density at radius 3 is 2.58 bits per heavy atom. The van der Waals surface area contributed by atoms with E-state index in [9.17, 15) is 9.59 Å². The molecule has 3 aromatic rings. The molecule has 0 saturated carbocycles. The maximum Gasteiger partial charge on any atom is 0.254 e. The topological polar surface area (TPSA) is 61.9 Å². The Bertz CT molecular complexity index is 1090. The van der Waals surface area contributed by atoms with Gasteiger partial charge in [-0.2, -0.15) is 11.3 Å². The highest BCUT2D eigenvalue weighted by Gasteiger charge is 2.30. The number of methoxy groups -OCH3 is 1. The van der Waals surface area contributed by atoms with E-state index in [-0.39, 0.29) is 11.8 Å². The number of hydrogen-bond acceptors (Lipinski definition) is 5. The van der Waals surface area contributed by atoms with Crippen molar-refractivity contribution >= 4 is 40.4 Å². The highest BCUT2D eigenvalue weighted by molar-refractivity contribution is 7.08. The largest absolute Gasteiger partial charge is 0.495 e. The van der Waals surface area contributed by atoms with Crippen LogP contribution in [0.15, 0.2) is 65.4 Å². The lowest BCUT2D eigenvalue weighted by molar-refractivity contribution is -0.121.